The molecule has 0 saturated carbocycles. The minimum absolute atomic E-state index is 0.0228. The van der Waals surface area contributed by atoms with Gasteiger partial charge in [0.25, 0.3) is 5.91 Å². The van der Waals surface area contributed by atoms with Crippen molar-refractivity contribution in [3.8, 4) is 0 Å². The highest BCUT2D eigenvalue weighted by molar-refractivity contribution is 9.11. The van der Waals surface area contributed by atoms with Gasteiger partial charge >= 0.3 is 0 Å². The van der Waals surface area contributed by atoms with Gasteiger partial charge in [0.1, 0.15) is 0 Å². The Balaban J connectivity index is 1.58. The van der Waals surface area contributed by atoms with Crippen LogP contribution in [-0.4, -0.2) is 18.6 Å². The average Bonchev–Trinajstić information content (AvgIpc) is 3.02. The van der Waals surface area contributed by atoms with E-state index < -0.39 is 0 Å². The Morgan fingerprint density at radius 3 is 2.67 bits per heavy atom. The molecule has 0 unspecified atom stereocenters. The number of halogens is 2. The largest absolute Gasteiger partial charge is 0.398 e. The summed E-state index contributed by atoms with van der Waals surface area (Å²) in [5, 5.41) is 2.92. The van der Waals surface area contributed by atoms with E-state index in [2.05, 4.69) is 49.3 Å². The van der Waals surface area contributed by atoms with E-state index in [1.807, 2.05) is 24.3 Å². The van der Waals surface area contributed by atoms with Gasteiger partial charge in [-0.05, 0) is 46.5 Å². The molecule has 24 heavy (non-hydrogen) atoms. The van der Waals surface area contributed by atoms with Crippen LogP contribution in [0.2, 0.25) is 0 Å². The summed E-state index contributed by atoms with van der Waals surface area (Å²) in [4.78, 5) is 12.4. The van der Waals surface area contributed by atoms with Gasteiger partial charge in [0.15, 0.2) is 0 Å². The molecule has 1 aliphatic heterocycles. The standard InChI is InChI=1S/C18H18Br2N2O2/c19-12-8-14(20)17(15(21)9-12)18(23)22-10-13-6-7-16(24-13)11-4-2-1-3-5-11/h1-5,8-9,13,16H,6-7,10,21H2,(H,22,23)/t13-,16+/m1/s1. The van der Waals surface area contributed by atoms with Gasteiger partial charge in [0, 0.05) is 21.2 Å². The first kappa shape index (κ1) is 17.5. The molecule has 1 heterocycles. The Hall–Kier alpha value is -1.37. The number of benzene rings is 2. The van der Waals surface area contributed by atoms with Crippen LogP contribution in [0.15, 0.2) is 51.4 Å². The molecule has 0 spiro atoms. The molecule has 0 aromatic heterocycles. The quantitative estimate of drug-likeness (QED) is 0.672. The maximum atomic E-state index is 12.4. The molecule has 2 aromatic rings. The number of hydrogen-bond acceptors (Lipinski definition) is 3. The molecular formula is C18H18Br2N2O2. The van der Waals surface area contributed by atoms with Crippen LogP contribution in [0.1, 0.15) is 34.9 Å². The van der Waals surface area contributed by atoms with E-state index >= 15 is 0 Å². The van der Waals surface area contributed by atoms with Gasteiger partial charge in [0.2, 0.25) is 0 Å². The zero-order chi connectivity index (χ0) is 17.1. The number of anilines is 1. The molecule has 2 atom stereocenters. The summed E-state index contributed by atoms with van der Waals surface area (Å²) in [6, 6.07) is 13.7. The van der Waals surface area contributed by atoms with Crippen LogP contribution in [0.5, 0.6) is 0 Å². The molecule has 126 valence electrons. The lowest BCUT2D eigenvalue weighted by molar-refractivity contribution is 0.0436. The maximum Gasteiger partial charge on any atom is 0.254 e. The number of carbonyl (C=O) groups excluding carboxylic acids is 1. The van der Waals surface area contributed by atoms with Crippen LogP contribution in [0.3, 0.4) is 0 Å². The van der Waals surface area contributed by atoms with Crippen molar-refractivity contribution in [3.63, 3.8) is 0 Å². The van der Waals surface area contributed by atoms with Crippen molar-refractivity contribution in [2.75, 3.05) is 12.3 Å². The van der Waals surface area contributed by atoms with E-state index in [9.17, 15) is 4.79 Å². The average molecular weight is 454 g/mol. The van der Waals surface area contributed by atoms with E-state index in [0.717, 1.165) is 17.3 Å². The number of nitrogens with one attached hydrogen (secondary N) is 1. The molecule has 0 aliphatic carbocycles. The molecule has 0 bridgehead atoms. The van der Waals surface area contributed by atoms with Gasteiger partial charge in [-0.15, -0.1) is 0 Å². The fraction of sp³-hybridized carbons (Fsp3) is 0.278. The van der Waals surface area contributed by atoms with Crippen LogP contribution in [-0.2, 0) is 4.74 Å². The number of nitrogens with two attached hydrogens (primary N) is 1. The van der Waals surface area contributed by atoms with E-state index in [4.69, 9.17) is 10.5 Å². The third-order valence-corrected chi connectivity index (χ3v) is 5.17. The minimum atomic E-state index is -0.196. The highest BCUT2D eigenvalue weighted by Gasteiger charge is 2.27. The first-order valence-corrected chi connectivity index (χ1v) is 9.36. The second-order valence-electron chi connectivity index (χ2n) is 5.80. The van der Waals surface area contributed by atoms with Crippen molar-refractivity contribution in [2.24, 2.45) is 0 Å². The third-order valence-electron chi connectivity index (χ3n) is 4.08. The van der Waals surface area contributed by atoms with E-state index in [1.165, 1.54) is 5.56 Å². The second kappa shape index (κ2) is 7.68. The Morgan fingerprint density at radius 2 is 1.96 bits per heavy atom. The Morgan fingerprint density at radius 1 is 1.21 bits per heavy atom. The topological polar surface area (TPSA) is 64.4 Å². The minimum Gasteiger partial charge on any atom is -0.398 e. The van der Waals surface area contributed by atoms with Crippen LogP contribution < -0.4 is 11.1 Å². The van der Waals surface area contributed by atoms with Crippen LogP contribution in [0, 0.1) is 0 Å². The summed E-state index contributed by atoms with van der Waals surface area (Å²) in [6.07, 6.45) is 2.03. The zero-order valence-electron chi connectivity index (χ0n) is 13.0. The van der Waals surface area contributed by atoms with E-state index in [1.54, 1.807) is 6.07 Å². The van der Waals surface area contributed by atoms with E-state index in [0.29, 0.717) is 22.3 Å². The fourth-order valence-corrected chi connectivity index (χ4v) is 4.34. The number of amides is 1. The van der Waals surface area contributed by atoms with Crippen LogP contribution in [0.25, 0.3) is 0 Å². The smallest absolute Gasteiger partial charge is 0.254 e. The van der Waals surface area contributed by atoms with Gasteiger partial charge in [-0.1, -0.05) is 46.3 Å². The predicted molar refractivity (Wildman–Crippen MR) is 102 cm³/mol. The van der Waals surface area contributed by atoms with Crippen molar-refractivity contribution in [1.29, 1.82) is 0 Å². The van der Waals surface area contributed by atoms with Gasteiger partial charge in [0.05, 0.1) is 17.8 Å². The summed E-state index contributed by atoms with van der Waals surface area (Å²) in [5.41, 5.74) is 8.03. The molecule has 1 aliphatic rings. The monoisotopic (exact) mass is 452 g/mol. The number of hydrogen-bond donors (Lipinski definition) is 2. The Kier molecular flexibility index (Phi) is 5.58. The fourth-order valence-electron chi connectivity index (χ4n) is 2.90. The summed E-state index contributed by atoms with van der Waals surface area (Å²) in [5.74, 6) is -0.196. The molecule has 1 amide bonds. The van der Waals surface area contributed by atoms with Gasteiger partial charge < -0.3 is 15.8 Å². The predicted octanol–water partition coefficient (Wildman–Crippen LogP) is 4.44. The number of carbonyl (C=O) groups is 1. The first-order valence-electron chi connectivity index (χ1n) is 7.77. The Labute approximate surface area is 158 Å². The highest BCUT2D eigenvalue weighted by Crippen LogP contribution is 2.32. The molecule has 1 fully saturated rings. The Bertz CT molecular complexity index is 714. The molecule has 6 heteroatoms. The normalized spacial score (nSPS) is 20.1. The van der Waals surface area contributed by atoms with Gasteiger partial charge in [-0.2, -0.15) is 0 Å². The summed E-state index contributed by atoms with van der Waals surface area (Å²) >= 11 is 6.75. The third kappa shape index (κ3) is 3.99. The summed E-state index contributed by atoms with van der Waals surface area (Å²) in [6.45, 7) is 0.476. The molecule has 3 rings (SSSR count). The van der Waals surface area contributed by atoms with Crippen LogP contribution >= 0.6 is 31.9 Å². The number of nitrogen functional groups attached to an aromatic ring is 1. The van der Waals surface area contributed by atoms with Crippen molar-refractivity contribution in [3.05, 3.63) is 62.5 Å². The molecule has 3 N–H and O–H groups in total. The van der Waals surface area contributed by atoms with Crippen molar-refractivity contribution >= 4 is 43.5 Å². The summed E-state index contributed by atoms with van der Waals surface area (Å²) in [7, 11) is 0. The molecule has 2 aromatic carbocycles. The summed E-state index contributed by atoms with van der Waals surface area (Å²) < 4.78 is 7.54. The van der Waals surface area contributed by atoms with Crippen molar-refractivity contribution < 1.29 is 9.53 Å². The SMILES string of the molecule is Nc1cc(Br)cc(Br)c1C(=O)NC[C@H]1CC[C@@H](c2ccccc2)O1. The van der Waals surface area contributed by atoms with Gasteiger partial charge in [-0.3, -0.25) is 4.79 Å². The molecule has 4 nitrogen and oxygen atoms in total. The zero-order valence-corrected chi connectivity index (χ0v) is 16.1. The number of ether oxygens (including phenoxy) is 1. The van der Waals surface area contributed by atoms with Gasteiger partial charge in [-0.25, -0.2) is 0 Å². The van der Waals surface area contributed by atoms with Crippen LogP contribution in [0.4, 0.5) is 5.69 Å². The van der Waals surface area contributed by atoms with E-state index in [-0.39, 0.29) is 18.1 Å². The number of rotatable bonds is 4. The van der Waals surface area contributed by atoms with Crippen molar-refractivity contribution in [2.45, 2.75) is 25.0 Å². The lowest BCUT2D eigenvalue weighted by atomic mass is 10.1. The lowest BCUT2D eigenvalue weighted by Crippen LogP contribution is -2.32. The first-order chi connectivity index (χ1) is 11.5. The second-order valence-corrected chi connectivity index (χ2v) is 7.57. The highest BCUT2D eigenvalue weighted by atomic mass is 79.9. The maximum absolute atomic E-state index is 12.4. The molecular weight excluding hydrogens is 436 g/mol. The van der Waals surface area contributed by atoms with Crippen molar-refractivity contribution in [1.82, 2.24) is 5.32 Å². The molecule has 1 saturated heterocycles. The molecule has 0 radical (unpaired) electrons. The lowest BCUT2D eigenvalue weighted by Gasteiger charge is -2.16.